The molecule has 1 spiro atoms. The van der Waals surface area contributed by atoms with Gasteiger partial charge in [0.05, 0.1) is 13.2 Å². The molecule has 0 bridgehead atoms. The first kappa shape index (κ1) is 8.86. The number of fused-ring (bicyclic) bond motifs is 1. The van der Waals surface area contributed by atoms with E-state index in [0.717, 1.165) is 38.8 Å². The average Bonchev–Trinajstić information content (AvgIpc) is 2.83. The van der Waals surface area contributed by atoms with E-state index in [1.165, 1.54) is 6.42 Å². The van der Waals surface area contributed by atoms with Crippen molar-refractivity contribution in [3.63, 3.8) is 0 Å². The van der Waals surface area contributed by atoms with Gasteiger partial charge in [-0.1, -0.05) is 0 Å². The maximum absolute atomic E-state index is 10.9. The molecule has 2 saturated carbocycles. The van der Waals surface area contributed by atoms with Crippen molar-refractivity contribution in [1.29, 1.82) is 0 Å². The lowest BCUT2D eigenvalue weighted by atomic mass is 9.93. The molecule has 0 unspecified atom stereocenters. The molecule has 0 radical (unpaired) electrons. The van der Waals surface area contributed by atoms with E-state index in [4.69, 9.17) is 9.47 Å². The second-order valence-electron chi connectivity index (χ2n) is 4.82. The highest BCUT2D eigenvalue weighted by molar-refractivity contribution is 5.55. The van der Waals surface area contributed by atoms with E-state index in [9.17, 15) is 4.79 Å². The first-order chi connectivity index (χ1) is 6.83. The van der Waals surface area contributed by atoms with Gasteiger partial charge in [0.1, 0.15) is 6.29 Å². The van der Waals surface area contributed by atoms with Gasteiger partial charge >= 0.3 is 0 Å². The number of ether oxygens (including phenoxy) is 2. The molecule has 3 nitrogen and oxygen atoms in total. The van der Waals surface area contributed by atoms with Crippen LogP contribution in [0.15, 0.2) is 0 Å². The Hall–Kier alpha value is -0.410. The molecule has 78 valence electrons. The summed E-state index contributed by atoms with van der Waals surface area (Å²) in [6, 6.07) is 0. The summed E-state index contributed by atoms with van der Waals surface area (Å²) in [6.45, 7) is 1.45. The summed E-state index contributed by atoms with van der Waals surface area (Å²) in [5.74, 6) is 1.18. The fourth-order valence-electron chi connectivity index (χ4n) is 3.50. The van der Waals surface area contributed by atoms with Gasteiger partial charge in [-0.05, 0) is 24.7 Å². The molecule has 3 atom stereocenters. The molecule has 0 amide bonds. The van der Waals surface area contributed by atoms with Crippen molar-refractivity contribution >= 4 is 6.29 Å². The highest BCUT2D eigenvalue weighted by Crippen LogP contribution is 2.53. The van der Waals surface area contributed by atoms with Crippen molar-refractivity contribution in [2.75, 3.05) is 13.2 Å². The van der Waals surface area contributed by atoms with Gasteiger partial charge in [-0.15, -0.1) is 0 Å². The highest BCUT2D eigenvalue weighted by Gasteiger charge is 2.53. The van der Waals surface area contributed by atoms with Gasteiger partial charge in [-0.25, -0.2) is 0 Å². The third kappa shape index (κ3) is 1.15. The first-order valence-electron chi connectivity index (χ1n) is 5.56. The van der Waals surface area contributed by atoms with E-state index >= 15 is 0 Å². The number of aldehydes is 1. The van der Waals surface area contributed by atoms with Gasteiger partial charge in [0, 0.05) is 18.8 Å². The second kappa shape index (κ2) is 3.04. The molecule has 0 N–H and O–H groups in total. The van der Waals surface area contributed by atoms with Crippen LogP contribution in [0.1, 0.15) is 25.7 Å². The second-order valence-corrected chi connectivity index (χ2v) is 4.82. The Morgan fingerprint density at radius 3 is 2.64 bits per heavy atom. The minimum Gasteiger partial charge on any atom is -0.348 e. The van der Waals surface area contributed by atoms with Gasteiger partial charge in [0.25, 0.3) is 0 Å². The molecule has 1 aliphatic heterocycles. The molecule has 3 heteroatoms. The largest absolute Gasteiger partial charge is 0.348 e. The third-order valence-corrected chi connectivity index (χ3v) is 4.13. The Labute approximate surface area is 83.8 Å². The number of rotatable bonds is 1. The Morgan fingerprint density at radius 2 is 1.93 bits per heavy atom. The van der Waals surface area contributed by atoms with E-state index in [1.54, 1.807) is 0 Å². The zero-order chi connectivity index (χ0) is 9.60. The molecule has 1 saturated heterocycles. The number of hydrogen-bond acceptors (Lipinski definition) is 3. The third-order valence-electron chi connectivity index (χ3n) is 4.13. The summed E-state index contributed by atoms with van der Waals surface area (Å²) in [6.07, 6.45) is 5.36. The van der Waals surface area contributed by atoms with E-state index in [1.807, 2.05) is 0 Å². The number of hydrogen-bond donors (Lipinski definition) is 0. The lowest BCUT2D eigenvalue weighted by Crippen LogP contribution is -2.27. The summed E-state index contributed by atoms with van der Waals surface area (Å²) in [4.78, 5) is 10.9. The lowest BCUT2D eigenvalue weighted by Gasteiger charge is -2.23. The van der Waals surface area contributed by atoms with Crippen molar-refractivity contribution in [3.8, 4) is 0 Å². The van der Waals surface area contributed by atoms with Crippen LogP contribution in [0.3, 0.4) is 0 Å². The standard InChI is InChI=1S/C11H16O3/c12-7-9-2-1-8-5-11(6-10(8)9)13-3-4-14-11/h7-10H,1-6H2/t8-,9+,10+/m1/s1. The summed E-state index contributed by atoms with van der Waals surface area (Å²) < 4.78 is 11.4. The smallest absolute Gasteiger partial charge is 0.169 e. The molecule has 1 heterocycles. The molecule has 3 rings (SSSR count). The fraction of sp³-hybridized carbons (Fsp3) is 0.909. The SMILES string of the molecule is O=C[C@@H]1CC[C@@H]2CC3(C[C@@H]21)OCCO3. The summed E-state index contributed by atoms with van der Waals surface area (Å²) in [5, 5.41) is 0. The molecule has 2 aliphatic carbocycles. The van der Waals surface area contributed by atoms with Crippen LogP contribution < -0.4 is 0 Å². The van der Waals surface area contributed by atoms with Gasteiger partial charge in [-0.3, -0.25) is 0 Å². The minimum absolute atomic E-state index is 0.271. The summed E-state index contributed by atoms with van der Waals surface area (Å²) in [7, 11) is 0. The van der Waals surface area contributed by atoms with Crippen molar-refractivity contribution in [3.05, 3.63) is 0 Å². The number of carbonyl (C=O) groups excluding carboxylic acids is 1. The Morgan fingerprint density at radius 1 is 1.14 bits per heavy atom. The molecule has 14 heavy (non-hydrogen) atoms. The monoisotopic (exact) mass is 196 g/mol. The quantitative estimate of drug-likeness (QED) is 0.594. The lowest BCUT2D eigenvalue weighted by molar-refractivity contribution is -0.156. The van der Waals surface area contributed by atoms with Crippen molar-refractivity contribution in [2.24, 2.45) is 17.8 Å². The molecular weight excluding hydrogens is 180 g/mol. The van der Waals surface area contributed by atoms with E-state index in [2.05, 4.69) is 0 Å². The fourth-order valence-corrected chi connectivity index (χ4v) is 3.50. The van der Waals surface area contributed by atoms with Crippen molar-refractivity contribution in [2.45, 2.75) is 31.5 Å². The predicted molar refractivity (Wildman–Crippen MR) is 49.6 cm³/mol. The van der Waals surface area contributed by atoms with E-state index in [-0.39, 0.29) is 11.7 Å². The molecule has 3 aliphatic rings. The van der Waals surface area contributed by atoms with Crippen LogP contribution in [-0.4, -0.2) is 25.3 Å². The molecule has 0 aromatic heterocycles. The van der Waals surface area contributed by atoms with Crippen LogP contribution in [0, 0.1) is 17.8 Å². The maximum atomic E-state index is 10.9. The predicted octanol–water partition coefficient (Wildman–Crippen LogP) is 1.36. The number of carbonyl (C=O) groups is 1. The first-order valence-corrected chi connectivity index (χ1v) is 5.56. The average molecular weight is 196 g/mol. The zero-order valence-corrected chi connectivity index (χ0v) is 8.28. The highest BCUT2D eigenvalue weighted by atomic mass is 16.7. The minimum atomic E-state index is -0.295. The van der Waals surface area contributed by atoms with Crippen LogP contribution in [0.25, 0.3) is 0 Å². The van der Waals surface area contributed by atoms with Crippen LogP contribution in [-0.2, 0) is 14.3 Å². The van der Waals surface area contributed by atoms with Crippen LogP contribution >= 0.6 is 0 Å². The Balaban J connectivity index is 1.77. The Bertz CT molecular complexity index is 245. The topological polar surface area (TPSA) is 35.5 Å². The van der Waals surface area contributed by atoms with Crippen molar-refractivity contribution < 1.29 is 14.3 Å². The van der Waals surface area contributed by atoms with E-state index in [0.29, 0.717) is 11.8 Å². The van der Waals surface area contributed by atoms with Gasteiger partial charge in [-0.2, -0.15) is 0 Å². The zero-order valence-electron chi connectivity index (χ0n) is 8.28. The van der Waals surface area contributed by atoms with Crippen LogP contribution in [0.2, 0.25) is 0 Å². The van der Waals surface area contributed by atoms with Gasteiger partial charge < -0.3 is 14.3 Å². The molecular formula is C11H16O3. The van der Waals surface area contributed by atoms with Crippen LogP contribution in [0.4, 0.5) is 0 Å². The van der Waals surface area contributed by atoms with Gasteiger partial charge in [0.2, 0.25) is 0 Å². The van der Waals surface area contributed by atoms with Gasteiger partial charge in [0.15, 0.2) is 5.79 Å². The normalized spacial score (nSPS) is 44.4. The van der Waals surface area contributed by atoms with E-state index < -0.39 is 0 Å². The molecule has 0 aromatic rings. The summed E-state index contributed by atoms with van der Waals surface area (Å²) in [5.41, 5.74) is 0. The summed E-state index contributed by atoms with van der Waals surface area (Å²) >= 11 is 0. The molecule has 3 fully saturated rings. The Kier molecular flexibility index (Phi) is 1.92. The molecule has 0 aromatic carbocycles. The maximum Gasteiger partial charge on any atom is 0.169 e. The van der Waals surface area contributed by atoms with Crippen LogP contribution in [0.5, 0.6) is 0 Å². The van der Waals surface area contributed by atoms with Crippen molar-refractivity contribution in [1.82, 2.24) is 0 Å².